The van der Waals surface area contributed by atoms with Gasteiger partial charge in [-0.3, -0.25) is 15.0 Å². The van der Waals surface area contributed by atoms with Gasteiger partial charge < -0.3 is 5.11 Å². The highest BCUT2D eigenvalue weighted by Gasteiger charge is 2.34. The summed E-state index contributed by atoms with van der Waals surface area (Å²) < 4.78 is 0.802. The van der Waals surface area contributed by atoms with E-state index in [2.05, 4.69) is 21.4 Å². The Morgan fingerprint density at radius 3 is 2.44 bits per heavy atom. The van der Waals surface area contributed by atoms with Crippen molar-refractivity contribution in [3.63, 3.8) is 0 Å². The summed E-state index contributed by atoms with van der Waals surface area (Å²) in [6.45, 7) is 0. The van der Waals surface area contributed by atoms with Crippen molar-refractivity contribution in [1.29, 1.82) is 0 Å². The summed E-state index contributed by atoms with van der Waals surface area (Å²) in [6.07, 6.45) is 1.59. The van der Waals surface area contributed by atoms with Gasteiger partial charge in [-0.25, -0.2) is 4.79 Å². The van der Waals surface area contributed by atoms with E-state index in [0.29, 0.717) is 20.5 Å². The number of amides is 2. The lowest BCUT2D eigenvalue weighted by Crippen LogP contribution is -2.44. The first-order chi connectivity index (χ1) is 12.9. The van der Waals surface area contributed by atoms with Gasteiger partial charge in [-0.1, -0.05) is 36.0 Å². The molecule has 0 bridgehead atoms. The van der Waals surface area contributed by atoms with Crippen LogP contribution in [-0.2, 0) is 4.79 Å². The molecule has 0 unspecified atom stereocenters. The van der Waals surface area contributed by atoms with Crippen molar-refractivity contribution in [2.75, 3.05) is 0 Å². The normalized spacial score (nSPS) is 15.3. The van der Waals surface area contributed by atoms with Crippen LogP contribution in [0.1, 0.15) is 26.3 Å². The number of carbonyl (C=O) groups excluding carboxylic acids is 2. The van der Waals surface area contributed by atoms with E-state index in [4.69, 9.17) is 17.3 Å². The Kier molecular flexibility index (Phi) is 5.73. The number of rotatable bonds is 4. The maximum absolute atomic E-state index is 12.6. The number of carbonyl (C=O) groups is 3. The molecule has 2 amide bonds. The van der Waals surface area contributed by atoms with Crippen molar-refractivity contribution >= 4 is 68.1 Å². The maximum atomic E-state index is 12.6. The molecule has 2 N–H and O–H groups in total. The lowest BCUT2D eigenvalue weighted by Gasteiger charge is -2.16. The Morgan fingerprint density at radius 2 is 1.81 bits per heavy atom. The summed E-state index contributed by atoms with van der Waals surface area (Å²) in [6, 6.07) is 12.9. The number of thioether (sulfide) groups is 1. The third kappa shape index (κ3) is 4.26. The van der Waals surface area contributed by atoms with E-state index in [9.17, 15) is 14.4 Å². The average Bonchev–Trinajstić information content (AvgIpc) is 2.90. The smallest absolute Gasteiger partial charge is 0.335 e. The van der Waals surface area contributed by atoms with Gasteiger partial charge in [0, 0.05) is 4.47 Å². The minimum atomic E-state index is -1.03. The first kappa shape index (κ1) is 19.3. The second-order valence-corrected chi connectivity index (χ2v) is 7.90. The third-order valence-corrected chi connectivity index (χ3v) is 5.57. The van der Waals surface area contributed by atoms with Crippen LogP contribution in [0, 0.1) is 0 Å². The summed E-state index contributed by atoms with van der Waals surface area (Å²) >= 11 is 9.54. The van der Waals surface area contributed by atoms with Crippen LogP contribution in [0.5, 0.6) is 0 Å². The summed E-state index contributed by atoms with van der Waals surface area (Å²) in [5.41, 5.74) is 3.69. The number of aromatic carboxylic acids is 1. The number of hydrazine groups is 1. The number of nitrogens with one attached hydrogen (secondary N) is 1. The zero-order valence-corrected chi connectivity index (χ0v) is 16.7. The van der Waals surface area contributed by atoms with E-state index in [1.165, 1.54) is 12.1 Å². The highest BCUT2D eigenvalue weighted by atomic mass is 79.9. The summed E-state index contributed by atoms with van der Waals surface area (Å²) in [5, 5.41) is 9.95. The molecule has 27 heavy (non-hydrogen) atoms. The predicted molar refractivity (Wildman–Crippen MR) is 110 cm³/mol. The monoisotopic (exact) mass is 462 g/mol. The van der Waals surface area contributed by atoms with Gasteiger partial charge in [-0.05, 0) is 64.1 Å². The van der Waals surface area contributed by atoms with Crippen molar-refractivity contribution in [3.8, 4) is 0 Å². The van der Waals surface area contributed by atoms with Crippen LogP contribution in [0.25, 0.3) is 6.08 Å². The Balaban J connectivity index is 1.77. The molecule has 1 aliphatic rings. The van der Waals surface area contributed by atoms with Crippen molar-refractivity contribution in [3.05, 3.63) is 74.6 Å². The molecule has 0 atom stereocenters. The number of nitrogens with zero attached hydrogens (tertiary/aromatic N) is 1. The van der Waals surface area contributed by atoms with E-state index >= 15 is 0 Å². The predicted octanol–water partition coefficient (Wildman–Crippen LogP) is 3.69. The summed E-state index contributed by atoms with van der Waals surface area (Å²) in [7, 11) is 0. The molecule has 3 rings (SSSR count). The first-order valence-electron chi connectivity index (χ1n) is 7.53. The molecule has 1 fully saturated rings. The molecule has 136 valence electrons. The SMILES string of the molecule is O=C(O)c1ccc(/C=C2/SC(=S)N(NC(=O)c3ccccc3Br)C2=O)cc1. The molecule has 1 saturated heterocycles. The molecule has 0 aromatic heterocycles. The Labute approximate surface area is 172 Å². The van der Waals surface area contributed by atoms with Crippen LogP contribution >= 0.6 is 39.9 Å². The molecule has 1 heterocycles. The molecular weight excluding hydrogens is 452 g/mol. The standard InChI is InChI=1S/C18H11BrN2O4S2/c19-13-4-2-1-3-12(13)15(22)20-21-16(23)14(27-18(21)26)9-10-5-7-11(8-6-10)17(24)25/h1-9H,(H,20,22)(H,24,25)/b14-9+. The number of benzene rings is 2. The molecule has 6 nitrogen and oxygen atoms in total. The van der Waals surface area contributed by atoms with Crippen molar-refractivity contribution in [2.45, 2.75) is 0 Å². The van der Waals surface area contributed by atoms with Gasteiger partial charge in [0.1, 0.15) is 0 Å². The molecule has 0 spiro atoms. The van der Waals surface area contributed by atoms with Gasteiger partial charge in [-0.15, -0.1) is 0 Å². The molecule has 9 heteroatoms. The number of carboxylic acid groups (broad SMARTS) is 1. The van der Waals surface area contributed by atoms with E-state index in [1.54, 1.807) is 42.5 Å². The van der Waals surface area contributed by atoms with Crippen LogP contribution in [0.2, 0.25) is 0 Å². The van der Waals surface area contributed by atoms with Gasteiger partial charge in [0.25, 0.3) is 11.8 Å². The van der Waals surface area contributed by atoms with Crippen LogP contribution in [0.3, 0.4) is 0 Å². The molecule has 0 aliphatic carbocycles. The quantitative estimate of drug-likeness (QED) is 0.532. The van der Waals surface area contributed by atoms with Crippen molar-refractivity contribution in [2.24, 2.45) is 0 Å². The molecule has 2 aromatic carbocycles. The first-order valence-corrected chi connectivity index (χ1v) is 9.55. The average molecular weight is 463 g/mol. The van der Waals surface area contributed by atoms with Crippen LogP contribution in [0.15, 0.2) is 57.9 Å². The minimum Gasteiger partial charge on any atom is -0.478 e. The van der Waals surface area contributed by atoms with Gasteiger partial charge >= 0.3 is 5.97 Å². The number of thiocarbonyl (C=S) groups is 1. The van der Waals surface area contributed by atoms with Crippen LogP contribution < -0.4 is 5.43 Å². The molecule has 2 aromatic rings. The fourth-order valence-electron chi connectivity index (χ4n) is 2.24. The molecule has 1 aliphatic heterocycles. The highest BCUT2D eigenvalue weighted by molar-refractivity contribution is 9.10. The number of carboxylic acids is 1. The zero-order chi connectivity index (χ0) is 19.6. The summed E-state index contributed by atoms with van der Waals surface area (Å²) in [4.78, 5) is 36.2. The second-order valence-electron chi connectivity index (χ2n) is 5.37. The van der Waals surface area contributed by atoms with Gasteiger partial charge in [0.2, 0.25) is 0 Å². The van der Waals surface area contributed by atoms with E-state index in [1.807, 2.05) is 0 Å². The van der Waals surface area contributed by atoms with Crippen molar-refractivity contribution in [1.82, 2.24) is 10.4 Å². The maximum Gasteiger partial charge on any atom is 0.335 e. The van der Waals surface area contributed by atoms with E-state index < -0.39 is 17.8 Å². The Bertz CT molecular complexity index is 989. The number of halogens is 1. The fraction of sp³-hybridized carbons (Fsp3) is 0. The summed E-state index contributed by atoms with van der Waals surface area (Å²) in [5.74, 6) is -1.94. The molecule has 0 saturated carbocycles. The third-order valence-electron chi connectivity index (χ3n) is 3.58. The van der Waals surface area contributed by atoms with Crippen molar-refractivity contribution < 1.29 is 19.5 Å². The second kappa shape index (κ2) is 8.03. The van der Waals surface area contributed by atoms with E-state index in [0.717, 1.165) is 16.8 Å². The molecule has 0 radical (unpaired) electrons. The van der Waals surface area contributed by atoms with E-state index in [-0.39, 0.29) is 9.88 Å². The van der Waals surface area contributed by atoms with Gasteiger partial charge in [0.15, 0.2) is 4.32 Å². The fourth-order valence-corrected chi connectivity index (χ4v) is 3.89. The Hall–Kier alpha value is -2.49. The highest BCUT2D eigenvalue weighted by Crippen LogP contribution is 2.31. The van der Waals surface area contributed by atoms with Crippen LogP contribution in [-0.4, -0.2) is 32.2 Å². The topological polar surface area (TPSA) is 86.7 Å². The van der Waals surface area contributed by atoms with Gasteiger partial charge in [0.05, 0.1) is 16.0 Å². The molecular formula is C18H11BrN2O4S2. The van der Waals surface area contributed by atoms with Gasteiger partial charge in [-0.2, -0.15) is 5.01 Å². The largest absolute Gasteiger partial charge is 0.478 e. The zero-order valence-electron chi connectivity index (χ0n) is 13.5. The Morgan fingerprint density at radius 1 is 1.15 bits per heavy atom. The minimum absolute atomic E-state index is 0.153. The number of hydrogen-bond donors (Lipinski definition) is 2. The lowest BCUT2D eigenvalue weighted by molar-refractivity contribution is -0.123. The lowest BCUT2D eigenvalue weighted by atomic mass is 10.1. The van der Waals surface area contributed by atoms with Crippen LogP contribution in [0.4, 0.5) is 0 Å². The number of hydrogen-bond acceptors (Lipinski definition) is 5.